The number of aliphatic hydroxyl groups is 2. The van der Waals surface area contributed by atoms with Crippen molar-refractivity contribution >= 4 is 11.6 Å². The van der Waals surface area contributed by atoms with Crippen LogP contribution < -0.4 is 0 Å². The largest absolute Gasteiger partial charge is 0.394 e. The first-order chi connectivity index (χ1) is 9.31. The van der Waals surface area contributed by atoms with Gasteiger partial charge in [0.25, 0.3) is 0 Å². The Morgan fingerprint density at radius 3 is 2.45 bits per heavy atom. The summed E-state index contributed by atoms with van der Waals surface area (Å²) in [4.78, 5) is 1.43. The zero-order valence-corrected chi connectivity index (χ0v) is 11.5. The minimum Gasteiger partial charge on any atom is -0.394 e. The lowest BCUT2D eigenvalue weighted by atomic mass is 10.2. The molecule has 0 spiro atoms. The van der Waals surface area contributed by atoms with Crippen molar-refractivity contribution in [3.8, 4) is 0 Å². The molecular weight excluding hydrogens is 295 g/mol. The van der Waals surface area contributed by atoms with E-state index in [1.807, 2.05) is 0 Å². The van der Waals surface area contributed by atoms with Gasteiger partial charge >= 0.3 is 6.18 Å². The maximum absolute atomic E-state index is 12.3. The summed E-state index contributed by atoms with van der Waals surface area (Å²) >= 11 is 5.97. The molecule has 1 rings (SSSR count). The second-order valence-corrected chi connectivity index (χ2v) is 4.94. The van der Waals surface area contributed by atoms with Crippen molar-refractivity contribution in [3.05, 3.63) is 34.9 Å². The summed E-state index contributed by atoms with van der Waals surface area (Å²) in [7, 11) is 0. The van der Waals surface area contributed by atoms with E-state index in [0.29, 0.717) is 10.6 Å². The van der Waals surface area contributed by atoms with Gasteiger partial charge in [-0.15, -0.1) is 0 Å². The van der Waals surface area contributed by atoms with E-state index < -0.39 is 25.3 Å². The number of alkyl halides is 3. The third-order valence-corrected chi connectivity index (χ3v) is 3.11. The fourth-order valence-electron chi connectivity index (χ4n) is 1.74. The molecule has 0 radical (unpaired) electrons. The molecule has 7 heteroatoms. The second kappa shape index (κ2) is 7.83. The van der Waals surface area contributed by atoms with E-state index in [1.54, 1.807) is 24.3 Å². The van der Waals surface area contributed by atoms with Gasteiger partial charge in [-0.05, 0) is 11.6 Å². The fourth-order valence-corrected chi connectivity index (χ4v) is 1.94. The lowest BCUT2D eigenvalue weighted by Gasteiger charge is -2.25. The van der Waals surface area contributed by atoms with Gasteiger partial charge in [0.15, 0.2) is 0 Å². The van der Waals surface area contributed by atoms with Gasteiger partial charge in [-0.1, -0.05) is 29.8 Å². The van der Waals surface area contributed by atoms with E-state index in [-0.39, 0.29) is 19.6 Å². The molecule has 0 amide bonds. The zero-order chi connectivity index (χ0) is 15.2. The number of aliphatic hydroxyl groups excluding tert-OH is 2. The first-order valence-electron chi connectivity index (χ1n) is 6.13. The Morgan fingerprint density at radius 1 is 1.25 bits per heavy atom. The van der Waals surface area contributed by atoms with Gasteiger partial charge in [-0.2, -0.15) is 13.2 Å². The number of hydrogen-bond donors (Lipinski definition) is 2. The van der Waals surface area contributed by atoms with Gasteiger partial charge in [-0.25, -0.2) is 0 Å². The summed E-state index contributed by atoms with van der Waals surface area (Å²) in [6.45, 7) is -0.610. The van der Waals surface area contributed by atoms with Gasteiger partial charge in [0, 0.05) is 24.7 Å². The third-order valence-electron chi connectivity index (χ3n) is 2.74. The van der Waals surface area contributed by atoms with Gasteiger partial charge in [0.1, 0.15) is 0 Å². The van der Waals surface area contributed by atoms with E-state index in [4.69, 9.17) is 16.7 Å². The summed E-state index contributed by atoms with van der Waals surface area (Å²) in [5.74, 6) is 0. The average Bonchev–Trinajstić information content (AvgIpc) is 2.37. The van der Waals surface area contributed by atoms with E-state index in [9.17, 15) is 18.3 Å². The minimum absolute atomic E-state index is 0.0438. The van der Waals surface area contributed by atoms with Gasteiger partial charge < -0.3 is 10.2 Å². The fraction of sp³-hybridized carbons (Fsp3) is 0.538. The van der Waals surface area contributed by atoms with Crippen molar-refractivity contribution in [1.82, 2.24) is 4.90 Å². The van der Waals surface area contributed by atoms with Gasteiger partial charge in [0.2, 0.25) is 0 Å². The van der Waals surface area contributed by atoms with Crippen LogP contribution in [-0.2, 0) is 6.54 Å². The molecule has 0 heterocycles. The second-order valence-electron chi connectivity index (χ2n) is 4.53. The normalized spacial score (nSPS) is 13.8. The molecule has 0 fully saturated rings. The van der Waals surface area contributed by atoms with Crippen LogP contribution in [0.4, 0.5) is 13.2 Å². The lowest BCUT2D eigenvalue weighted by Crippen LogP contribution is -2.36. The molecule has 0 bridgehead atoms. The lowest BCUT2D eigenvalue weighted by molar-refractivity contribution is -0.139. The molecule has 0 aromatic heterocycles. The average molecular weight is 312 g/mol. The summed E-state index contributed by atoms with van der Waals surface area (Å²) in [6, 6.07) is 6.84. The quantitative estimate of drug-likeness (QED) is 0.813. The molecule has 20 heavy (non-hydrogen) atoms. The Hall–Kier alpha value is -0.820. The zero-order valence-electron chi connectivity index (χ0n) is 10.8. The molecule has 2 N–H and O–H groups in total. The molecule has 0 aliphatic rings. The standard InChI is InChI=1S/C13H17ClF3NO2/c14-12-4-2-1-3-10(12)7-18(8-11(20)9-19)6-5-13(15,16)17/h1-4,11,19-20H,5-9H2/t11-/m0/s1. The highest BCUT2D eigenvalue weighted by atomic mass is 35.5. The van der Waals surface area contributed by atoms with Crippen LogP contribution in [0.3, 0.4) is 0 Å². The van der Waals surface area contributed by atoms with Crippen LogP contribution in [0.25, 0.3) is 0 Å². The molecule has 3 nitrogen and oxygen atoms in total. The summed E-state index contributed by atoms with van der Waals surface area (Å²) < 4.78 is 36.9. The summed E-state index contributed by atoms with van der Waals surface area (Å²) in [6.07, 6.45) is -6.32. The van der Waals surface area contributed by atoms with Gasteiger partial charge in [-0.3, -0.25) is 4.90 Å². The minimum atomic E-state index is -4.26. The molecule has 0 saturated heterocycles. The summed E-state index contributed by atoms with van der Waals surface area (Å²) in [5, 5.41) is 18.7. The van der Waals surface area contributed by atoms with Crippen LogP contribution in [0.5, 0.6) is 0 Å². The molecule has 0 aliphatic carbocycles. The van der Waals surface area contributed by atoms with Crippen molar-refractivity contribution in [1.29, 1.82) is 0 Å². The maximum Gasteiger partial charge on any atom is 0.390 e. The molecule has 1 aromatic carbocycles. The molecule has 1 atom stereocenters. The Labute approximate surface area is 120 Å². The predicted octanol–water partition coefficient (Wildman–Crippen LogP) is 2.45. The Balaban J connectivity index is 2.69. The van der Waals surface area contributed by atoms with Crippen molar-refractivity contribution in [2.45, 2.75) is 25.2 Å². The van der Waals surface area contributed by atoms with Gasteiger partial charge in [0.05, 0.1) is 19.1 Å². The number of halogens is 4. The first-order valence-corrected chi connectivity index (χ1v) is 6.51. The Morgan fingerprint density at radius 2 is 1.90 bits per heavy atom. The number of hydrogen-bond acceptors (Lipinski definition) is 3. The van der Waals surface area contributed by atoms with E-state index in [2.05, 4.69) is 0 Å². The van der Waals surface area contributed by atoms with E-state index in [0.717, 1.165) is 0 Å². The van der Waals surface area contributed by atoms with Crippen molar-refractivity contribution in [2.24, 2.45) is 0 Å². The maximum atomic E-state index is 12.3. The number of rotatable bonds is 7. The van der Waals surface area contributed by atoms with E-state index >= 15 is 0 Å². The predicted molar refractivity (Wildman–Crippen MR) is 70.5 cm³/mol. The van der Waals surface area contributed by atoms with E-state index in [1.165, 1.54) is 4.90 Å². The van der Waals surface area contributed by atoms with Crippen LogP contribution in [0, 0.1) is 0 Å². The molecule has 0 aliphatic heterocycles. The Kier molecular flexibility index (Phi) is 6.75. The number of benzene rings is 1. The van der Waals surface area contributed by atoms with Crippen LogP contribution in [0.15, 0.2) is 24.3 Å². The van der Waals surface area contributed by atoms with Crippen molar-refractivity contribution in [3.63, 3.8) is 0 Å². The smallest absolute Gasteiger partial charge is 0.390 e. The third kappa shape index (κ3) is 6.56. The highest BCUT2D eigenvalue weighted by molar-refractivity contribution is 6.31. The summed E-state index contributed by atoms with van der Waals surface area (Å²) in [5.41, 5.74) is 0.682. The Bertz CT molecular complexity index is 415. The SMILES string of the molecule is OC[C@@H](O)CN(CCC(F)(F)F)Cc1ccccc1Cl. The highest BCUT2D eigenvalue weighted by Crippen LogP contribution is 2.22. The molecule has 0 unspecified atom stereocenters. The number of nitrogens with zero attached hydrogens (tertiary/aromatic N) is 1. The van der Waals surface area contributed by atoms with Crippen LogP contribution in [0.1, 0.15) is 12.0 Å². The highest BCUT2D eigenvalue weighted by Gasteiger charge is 2.28. The monoisotopic (exact) mass is 311 g/mol. The first kappa shape index (κ1) is 17.2. The molecule has 1 aromatic rings. The van der Waals surface area contributed by atoms with Crippen molar-refractivity contribution < 1.29 is 23.4 Å². The van der Waals surface area contributed by atoms with Crippen molar-refractivity contribution in [2.75, 3.05) is 19.7 Å². The molecular formula is C13H17ClF3NO2. The topological polar surface area (TPSA) is 43.7 Å². The van der Waals surface area contributed by atoms with Crippen LogP contribution in [-0.4, -0.2) is 47.1 Å². The molecule has 0 saturated carbocycles. The molecule has 114 valence electrons. The van der Waals surface area contributed by atoms with Crippen LogP contribution >= 0.6 is 11.6 Å². The van der Waals surface area contributed by atoms with Crippen LogP contribution in [0.2, 0.25) is 5.02 Å².